The summed E-state index contributed by atoms with van der Waals surface area (Å²) in [6.45, 7) is 7.33. The van der Waals surface area contributed by atoms with E-state index in [4.69, 9.17) is 17.3 Å². The molecule has 2 aromatic heterocycles. The zero-order valence-electron chi connectivity index (χ0n) is 18.7. The van der Waals surface area contributed by atoms with Crippen molar-refractivity contribution in [1.29, 1.82) is 0 Å². The maximum Gasteiger partial charge on any atom is 0.229 e. The Kier molecular flexibility index (Phi) is 6.69. The Balaban J connectivity index is 1.52. The molecule has 0 radical (unpaired) electrons. The number of nitrogens with one attached hydrogen (secondary N) is 1. The highest BCUT2D eigenvalue weighted by molar-refractivity contribution is 6.36. The van der Waals surface area contributed by atoms with Gasteiger partial charge in [0.1, 0.15) is 0 Å². The SMILES string of the molecule is CC=C(Cl)C(=CC(N)N1CCc2nc(NC(=O)C3CC3)ncc2C1)c1ncc(C)cc1C. The Morgan fingerprint density at radius 2 is 2.09 bits per heavy atom. The van der Waals surface area contributed by atoms with E-state index in [0.717, 1.165) is 59.5 Å². The van der Waals surface area contributed by atoms with Crippen molar-refractivity contribution >= 4 is 29.0 Å². The minimum Gasteiger partial charge on any atom is -0.312 e. The normalized spacial score (nSPS) is 18.3. The first-order chi connectivity index (χ1) is 15.4. The Morgan fingerprint density at radius 1 is 1.31 bits per heavy atom. The van der Waals surface area contributed by atoms with Gasteiger partial charge in [-0.2, -0.15) is 0 Å². The van der Waals surface area contributed by atoms with Crippen molar-refractivity contribution in [3.63, 3.8) is 0 Å². The van der Waals surface area contributed by atoms with Gasteiger partial charge in [0, 0.05) is 54.0 Å². The molecular weight excluding hydrogens is 424 g/mol. The van der Waals surface area contributed by atoms with E-state index in [2.05, 4.69) is 31.2 Å². The number of halogens is 1. The molecule has 0 spiro atoms. The molecule has 3 heterocycles. The number of anilines is 1. The first-order valence-corrected chi connectivity index (χ1v) is 11.4. The average molecular weight is 453 g/mol. The van der Waals surface area contributed by atoms with Crippen LogP contribution < -0.4 is 11.1 Å². The Morgan fingerprint density at radius 3 is 2.78 bits per heavy atom. The van der Waals surface area contributed by atoms with Gasteiger partial charge in [-0.1, -0.05) is 23.7 Å². The largest absolute Gasteiger partial charge is 0.312 e. The molecule has 1 unspecified atom stereocenters. The number of aromatic nitrogens is 3. The molecule has 0 bridgehead atoms. The number of hydrogen-bond donors (Lipinski definition) is 2. The quantitative estimate of drug-likeness (QED) is 0.648. The number of carbonyl (C=O) groups is 1. The highest BCUT2D eigenvalue weighted by atomic mass is 35.5. The molecule has 2 aliphatic rings. The fourth-order valence-electron chi connectivity index (χ4n) is 3.91. The maximum atomic E-state index is 12.0. The second kappa shape index (κ2) is 9.48. The second-order valence-electron chi connectivity index (χ2n) is 8.54. The van der Waals surface area contributed by atoms with Gasteiger partial charge in [0.05, 0.1) is 17.6 Å². The predicted octanol–water partition coefficient (Wildman–Crippen LogP) is 3.71. The van der Waals surface area contributed by atoms with Gasteiger partial charge in [-0.3, -0.25) is 20.0 Å². The lowest BCUT2D eigenvalue weighted by Gasteiger charge is -2.32. The fourth-order valence-corrected chi connectivity index (χ4v) is 4.06. The molecule has 8 heteroatoms. The summed E-state index contributed by atoms with van der Waals surface area (Å²) < 4.78 is 0. The van der Waals surface area contributed by atoms with Crippen molar-refractivity contribution < 1.29 is 4.79 Å². The third-order valence-corrected chi connectivity index (χ3v) is 6.31. The first-order valence-electron chi connectivity index (χ1n) is 11.0. The van der Waals surface area contributed by atoms with Crippen LogP contribution >= 0.6 is 11.6 Å². The van der Waals surface area contributed by atoms with Gasteiger partial charge in [0.15, 0.2) is 0 Å². The fraction of sp³-hybridized carbons (Fsp3) is 0.417. The number of rotatable bonds is 6. The topological polar surface area (TPSA) is 97.0 Å². The summed E-state index contributed by atoms with van der Waals surface area (Å²) in [7, 11) is 0. The van der Waals surface area contributed by atoms with E-state index in [0.29, 0.717) is 17.5 Å². The van der Waals surface area contributed by atoms with E-state index < -0.39 is 0 Å². The highest BCUT2D eigenvalue weighted by Crippen LogP contribution is 2.30. The molecule has 32 heavy (non-hydrogen) atoms. The third-order valence-electron chi connectivity index (χ3n) is 5.89. The van der Waals surface area contributed by atoms with Crippen LogP contribution in [0.2, 0.25) is 0 Å². The van der Waals surface area contributed by atoms with Gasteiger partial charge in [0.2, 0.25) is 11.9 Å². The zero-order valence-corrected chi connectivity index (χ0v) is 19.5. The number of amides is 1. The molecule has 3 N–H and O–H groups in total. The molecule has 0 aromatic carbocycles. The standard InChI is InChI=1S/C24H29ClN6O/c1-4-19(25)18(22-15(3)9-14(2)11-27-22)10-21(26)31-8-7-20-17(13-31)12-28-24(29-20)30-23(32)16-5-6-16/h4,9-12,16,21H,5-8,13,26H2,1-3H3,(H,28,29,30,32). The molecule has 1 aliphatic carbocycles. The number of nitrogens with two attached hydrogens (primary N) is 1. The number of nitrogens with zero attached hydrogens (tertiary/aromatic N) is 4. The molecule has 1 atom stereocenters. The molecule has 2 aromatic rings. The maximum absolute atomic E-state index is 12.0. The van der Waals surface area contributed by atoms with E-state index in [-0.39, 0.29) is 18.0 Å². The molecule has 1 fully saturated rings. The lowest BCUT2D eigenvalue weighted by Crippen LogP contribution is -2.44. The Labute approximate surface area is 193 Å². The monoisotopic (exact) mass is 452 g/mol. The zero-order chi connectivity index (χ0) is 22.8. The van der Waals surface area contributed by atoms with Crippen LogP contribution in [0, 0.1) is 19.8 Å². The summed E-state index contributed by atoms with van der Waals surface area (Å²) in [6.07, 6.45) is 9.76. The number of allylic oxidation sites excluding steroid dienone is 3. The molecule has 7 nitrogen and oxygen atoms in total. The van der Waals surface area contributed by atoms with Crippen molar-refractivity contribution in [3.8, 4) is 0 Å². The van der Waals surface area contributed by atoms with Crippen molar-refractivity contribution in [3.05, 3.63) is 63.7 Å². The van der Waals surface area contributed by atoms with Crippen LogP contribution in [0.3, 0.4) is 0 Å². The Hall–Kier alpha value is -2.61. The molecular formula is C24H29ClN6O. The molecule has 1 saturated carbocycles. The van der Waals surface area contributed by atoms with E-state index in [1.54, 1.807) is 6.20 Å². The van der Waals surface area contributed by atoms with Crippen LogP contribution in [0.5, 0.6) is 0 Å². The van der Waals surface area contributed by atoms with Crippen LogP contribution in [-0.2, 0) is 17.8 Å². The number of fused-ring (bicyclic) bond motifs is 1. The van der Waals surface area contributed by atoms with Crippen LogP contribution in [0.25, 0.3) is 5.57 Å². The molecule has 1 aliphatic heterocycles. The third kappa shape index (κ3) is 5.06. The summed E-state index contributed by atoms with van der Waals surface area (Å²) in [5, 5.41) is 3.45. The molecule has 4 rings (SSSR count). The second-order valence-corrected chi connectivity index (χ2v) is 8.94. The average Bonchev–Trinajstić information content (AvgIpc) is 3.62. The number of hydrogen-bond acceptors (Lipinski definition) is 6. The van der Waals surface area contributed by atoms with Crippen LogP contribution in [-0.4, -0.2) is 38.5 Å². The number of carbonyl (C=O) groups excluding carboxylic acids is 1. The Bertz CT molecular complexity index is 1090. The van der Waals surface area contributed by atoms with Crippen molar-refractivity contribution in [1.82, 2.24) is 19.9 Å². The molecule has 0 saturated heterocycles. The van der Waals surface area contributed by atoms with Gasteiger partial charge < -0.3 is 5.73 Å². The summed E-state index contributed by atoms with van der Waals surface area (Å²) in [5.74, 6) is 0.532. The van der Waals surface area contributed by atoms with Gasteiger partial charge in [-0.25, -0.2) is 9.97 Å². The smallest absolute Gasteiger partial charge is 0.229 e. The summed E-state index contributed by atoms with van der Waals surface area (Å²) in [6, 6.07) is 2.09. The highest BCUT2D eigenvalue weighted by Gasteiger charge is 2.30. The van der Waals surface area contributed by atoms with Gasteiger partial charge in [-0.05, 0) is 50.8 Å². The van der Waals surface area contributed by atoms with Crippen molar-refractivity contribution in [2.24, 2.45) is 11.7 Å². The first kappa shape index (κ1) is 22.6. The van der Waals surface area contributed by atoms with Crippen LogP contribution in [0.1, 0.15) is 47.8 Å². The summed E-state index contributed by atoms with van der Waals surface area (Å²) in [5.41, 5.74) is 12.4. The van der Waals surface area contributed by atoms with E-state index in [1.807, 2.05) is 39.1 Å². The van der Waals surface area contributed by atoms with E-state index in [9.17, 15) is 4.79 Å². The van der Waals surface area contributed by atoms with Crippen molar-refractivity contribution in [2.45, 2.75) is 52.7 Å². The van der Waals surface area contributed by atoms with Crippen LogP contribution in [0.4, 0.5) is 5.95 Å². The van der Waals surface area contributed by atoms with Gasteiger partial charge in [0.25, 0.3) is 0 Å². The number of aryl methyl sites for hydroxylation is 2. The number of pyridine rings is 1. The summed E-state index contributed by atoms with van der Waals surface area (Å²) in [4.78, 5) is 27.7. The minimum absolute atomic E-state index is 0.0166. The van der Waals surface area contributed by atoms with E-state index in [1.165, 1.54) is 0 Å². The molecule has 168 valence electrons. The van der Waals surface area contributed by atoms with E-state index >= 15 is 0 Å². The van der Waals surface area contributed by atoms with Gasteiger partial charge in [-0.15, -0.1) is 0 Å². The lowest BCUT2D eigenvalue weighted by molar-refractivity contribution is -0.117. The van der Waals surface area contributed by atoms with Gasteiger partial charge >= 0.3 is 0 Å². The van der Waals surface area contributed by atoms with Crippen molar-refractivity contribution in [2.75, 3.05) is 11.9 Å². The van der Waals surface area contributed by atoms with Crippen LogP contribution in [0.15, 0.2) is 35.6 Å². The lowest BCUT2D eigenvalue weighted by atomic mass is 10.0. The molecule has 1 amide bonds. The minimum atomic E-state index is -0.344. The predicted molar refractivity (Wildman–Crippen MR) is 127 cm³/mol. The summed E-state index contributed by atoms with van der Waals surface area (Å²) >= 11 is 6.55.